The van der Waals surface area contributed by atoms with E-state index in [-0.39, 0.29) is 5.82 Å². The Bertz CT molecular complexity index is 852. The van der Waals surface area contributed by atoms with Gasteiger partial charge in [0.15, 0.2) is 0 Å². The van der Waals surface area contributed by atoms with E-state index in [1.807, 2.05) is 6.07 Å². The van der Waals surface area contributed by atoms with Crippen molar-refractivity contribution in [1.29, 1.82) is 0 Å². The van der Waals surface area contributed by atoms with E-state index in [0.29, 0.717) is 0 Å². The Labute approximate surface area is 182 Å². The van der Waals surface area contributed by atoms with Crippen molar-refractivity contribution in [2.24, 2.45) is 17.8 Å². The second kappa shape index (κ2) is 9.94. The number of allylic oxidation sites excluding steroid dienone is 2. The van der Waals surface area contributed by atoms with Crippen molar-refractivity contribution in [3.63, 3.8) is 0 Å². The molecule has 2 aliphatic carbocycles. The minimum absolute atomic E-state index is 0.0724. The molecule has 1 heteroatoms. The van der Waals surface area contributed by atoms with Gasteiger partial charge in [0.25, 0.3) is 0 Å². The van der Waals surface area contributed by atoms with Gasteiger partial charge in [-0.2, -0.15) is 0 Å². The molecule has 1 saturated carbocycles. The lowest BCUT2D eigenvalue weighted by Crippen LogP contribution is -2.23. The Morgan fingerprint density at radius 3 is 2.17 bits per heavy atom. The molecule has 0 aliphatic heterocycles. The minimum Gasteiger partial charge on any atom is -0.206 e. The third-order valence-corrected chi connectivity index (χ3v) is 7.72. The van der Waals surface area contributed by atoms with Crippen molar-refractivity contribution in [1.82, 2.24) is 0 Å². The fourth-order valence-corrected chi connectivity index (χ4v) is 5.77. The summed E-state index contributed by atoms with van der Waals surface area (Å²) in [5.41, 5.74) is 5.41. The second-order valence-corrected chi connectivity index (χ2v) is 9.58. The largest absolute Gasteiger partial charge is 0.206 e. The van der Waals surface area contributed by atoms with E-state index in [0.717, 1.165) is 53.7 Å². The van der Waals surface area contributed by atoms with Gasteiger partial charge < -0.3 is 0 Å². The van der Waals surface area contributed by atoms with Gasteiger partial charge in [0, 0.05) is 5.56 Å². The molecule has 1 atom stereocenters. The summed E-state index contributed by atoms with van der Waals surface area (Å²) in [5.74, 6) is 2.62. The average molecular weight is 405 g/mol. The normalized spacial score (nSPS) is 24.5. The molecule has 0 nitrogen and oxygen atoms in total. The average Bonchev–Trinajstić information content (AvgIpc) is 2.80. The highest BCUT2D eigenvalue weighted by atomic mass is 19.1. The Morgan fingerprint density at radius 2 is 1.57 bits per heavy atom. The van der Waals surface area contributed by atoms with Crippen LogP contribution >= 0.6 is 0 Å². The third-order valence-electron chi connectivity index (χ3n) is 7.72. The molecular weight excluding hydrogens is 367 g/mol. The number of hydrogen-bond acceptors (Lipinski definition) is 0. The van der Waals surface area contributed by atoms with Crippen molar-refractivity contribution in [2.45, 2.75) is 78.1 Å². The standard InChI is InChI=1S/C29H37F/c1-3-5-22-8-12-23(13-9-22)24-14-16-26(17-15-24)28-19-18-27(20-29(28)30)25-10-6-21(4-2)7-11-25/h6-7,10-11,16,18-20,22-24H,3-5,8-9,12-15,17H2,1-2H3. The van der Waals surface area contributed by atoms with Gasteiger partial charge >= 0.3 is 0 Å². The molecule has 0 saturated heterocycles. The maximum Gasteiger partial charge on any atom is 0.131 e. The van der Waals surface area contributed by atoms with E-state index in [4.69, 9.17) is 0 Å². The summed E-state index contributed by atoms with van der Waals surface area (Å²) < 4.78 is 15.0. The molecule has 0 radical (unpaired) electrons. The first-order valence-corrected chi connectivity index (χ1v) is 12.3. The predicted molar refractivity (Wildman–Crippen MR) is 127 cm³/mol. The van der Waals surface area contributed by atoms with Gasteiger partial charge in [0.2, 0.25) is 0 Å². The first-order chi connectivity index (χ1) is 14.7. The van der Waals surface area contributed by atoms with Crippen LogP contribution in [0.2, 0.25) is 0 Å². The van der Waals surface area contributed by atoms with Crippen LogP contribution in [0.3, 0.4) is 0 Å². The van der Waals surface area contributed by atoms with Crippen LogP contribution < -0.4 is 0 Å². The van der Waals surface area contributed by atoms with Gasteiger partial charge in [-0.25, -0.2) is 4.39 Å². The van der Waals surface area contributed by atoms with Crippen molar-refractivity contribution in [3.8, 4) is 11.1 Å². The van der Waals surface area contributed by atoms with Crippen LogP contribution in [-0.4, -0.2) is 0 Å². The maximum atomic E-state index is 15.0. The van der Waals surface area contributed by atoms with E-state index >= 15 is 0 Å². The Hall–Kier alpha value is -1.89. The van der Waals surface area contributed by atoms with Crippen LogP contribution in [-0.2, 0) is 6.42 Å². The van der Waals surface area contributed by atoms with Crippen LogP contribution in [0.25, 0.3) is 16.7 Å². The fourth-order valence-electron chi connectivity index (χ4n) is 5.77. The van der Waals surface area contributed by atoms with Gasteiger partial charge in [0.1, 0.15) is 5.82 Å². The number of benzene rings is 2. The van der Waals surface area contributed by atoms with Gasteiger partial charge in [-0.3, -0.25) is 0 Å². The summed E-state index contributed by atoms with van der Waals surface area (Å²) in [6.07, 6.45) is 15.2. The maximum absolute atomic E-state index is 15.0. The van der Waals surface area contributed by atoms with Gasteiger partial charge in [0.05, 0.1) is 0 Å². The number of rotatable bonds is 6. The molecule has 30 heavy (non-hydrogen) atoms. The van der Waals surface area contributed by atoms with Gasteiger partial charge in [-0.1, -0.05) is 82.0 Å². The second-order valence-electron chi connectivity index (χ2n) is 9.58. The smallest absolute Gasteiger partial charge is 0.131 e. The van der Waals surface area contributed by atoms with Crippen LogP contribution in [0.1, 0.15) is 82.8 Å². The van der Waals surface area contributed by atoms with Crippen LogP contribution in [0.4, 0.5) is 4.39 Å². The Morgan fingerprint density at radius 1 is 0.833 bits per heavy atom. The zero-order valence-corrected chi connectivity index (χ0v) is 18.8. The van der Waals surface area contributed by atoms with E-state index in [2.05, 4.69) is 50.3 Å². The molecule has 160 valence electrons. The van der Waals surface area contributed by atoms with Gasteiger partial charge in [-0.05, 0) is 84.6 Å². The van der Waals surface area contributed by atoms with E-state index in [1.165, 1.54) is 56.1 Å². The fraction of sp³-hybridized carbons (Fsp3) is 0.517. The molecular formula is C29H37F. The lowest BCUT2D eigenvalue weighted by molar-refractivity contribution is 0.189. The highest BCUT2D eigenvalue weighted by Crippen LogP contribution is 2.42. The van der Waals surface area contributed by atoms with E-state index < -0.39 is 0 Å². The summed E-state index contributed by atoms with van der Waals surface area (Å²) in [5, 5.41) is 0. The van der Waals surface area contributed by atoms with Crippen molar-refractivity contribution >= 4 is 5.57 Å². The number of aryl methyl sites for hydroxylation is 1. The lowest BCUT2D eigenvalue weighted by atomic mass is 9.70. The summed E-state index contributed by atoms with van der Waals surface area (Å²) in [6.45, 7) is 4.47. The first-order valence-electron chi connectivity index (χ1n) is 12.3. The minimum atomic E-state index is -0.0724. The van der Waals surface area contributed by atoms with Crippen molar-refractivity contribution in [2.75, 3.05) is 0 Å². The molecule has 1 unspecified atom stereocenters. The van der Waals surface area contributed by atoms with Crippen molar-refractivity contribution < 1.29 is 4.39 Å². The molecule has 0 aromatic heterocycles. The molecule has 0 bridgehead atoms. The van der Waals surface area contributed by atoms with Crippen molar-refractivity contribution in [3.05, 3.63) is 65.5 Å². The highest BCUT2D eigenvalue weighted by Gasteiger charge is 2.28. The molecule has 2 aromatic carbocycles. The Balaban J connectivity index is 1.40. The Kier molecular flexibility index (Phi) is 7.08. The van der Waals surface area contributed by atoms with Crippen LogP contribution in [0, 0.1) is 23.6 Å². The van der Waals surface area contributed by atoms with E-state index in [9.17, 15) is 4.39 Å². The summed E-state index contributed by atoms with van der Waals surface area (Å²) >= 11 is 0. The summed E-state index contributed by atoms with van der Waals surface area (Å²) in [4.78, 5) is 0. The zero-order chi connectivity index (χ0) is 20.9. The predicted octanol–water partition coefficient (Wildman–Crippen LogP) is 8.85. The topological polar surface area (TPSA) is 0 Å². The van der Waals surface area contributed by atoms with E-state index in [1.54, 1.807) is 6.07 Å². The van der Waals surface area contributed by atoms with Gasteiger partial charge in [-0.15, -0.1) is 0 Å². The lowest BCUT2D eigenvalue weighted by Gasteiger charge is -2.35. The summed E-state index contributed by atoms with van der Waals surface area (Å²) in [6, 6.07) is 14.3. The van der Waals surface area contributed by atoms with Crippen LogP contribution in [0.5, 0.6) is 0 Å². The SMILES string of the molecule is CCCC1CCC(C2CC=C(c3ccc(-c4ccc(CC)cc4)cc3F)CC2)CC1. The number of hydrogen-bond donors (Lipinski definition) is 0. The monoisotopic (exact) mass is 404 g/mol. The molecule has 0 spiro atoms. The number of halogens is 1. The molecule has 0 N–H and O–H groups in total. The molecule has 0 heterocycles. The molecule has 4 rings (SSSR count). The quantitative estimate of drug-likeness (QED) is 0.451. The zero-order valence-electron chi connectivity index (χ0n) is 18.8. The first kappa shape index (κ1) is 21.3. The highest BCUT2D eigenvalue weighted by molar-refractivity contribution is 5.71. The molecule has 2 aromatic rings. The summed E-state index contributed by atoms with van der Waals surface area (Å²) in [7, 11) is 0. The molecule has 1 fully saturated rings. The molecule has 2 aliphatic rings. The third kappa shape index (κ3) is 4.88. The molecule has 0 amide bonds. The van der Waals surface area contributed by atoms with Crippen LogP contribution in [0.15, 0.2) is 48.5 Å².